The molecular weight excluding hydrogens is 300 g/mol. The third-order valence-electron chi connectivity index (χ3n) is 2.05. The zero-order chi connectivity index (χ0) is 13.3. The first-order valence-electron chi connectivity index (χ1n) is 4.71. The molecule has 0 aliphatic carbocycles. The van der Waals surface area contributed by atoms with Crippen molar-refractivity contribution in [2.45, 2.75) is 4.90 Å². The summed E-state index contributed by atoms with van der Waals surface area (Å²) in [5, 5.41) is 3.78. The molecule has 1 aromatic carbocycles. The molecule has 0 aliphatic heterocycles. The number of hydrogen-bond donors (Lipinski definition) is 2. The van der Waals surface area contributed by atoms with E-state index in [4.69, 9.17) is 11.6 Å². The molecular formula is C11H6ClF2NOS2. The maximum absolute atomic E-state index is 13.4. The summed E-state index contributed by atoms with van der Waals surface area (Å²) in [6, 6.07) is 3.12. The largest absolute Gasteiger partial charge is 0.318 e. The number of thiophene rings is 1. The van der Waals surface area contributed by atoms with E-state index in [1.54, 1.807) is 11.4 Å². The lowest BCUT2D eigenvalue weighted by Gasteiger charge is -2.07. The number of anilines is 1. The lowest BCUT2D eigenvalue weighted by molar-refractivity contribution is 0.103. The minimum Gasteiger partial charge on any atom is -0.318 e. The Bertz CT molecular complexity index is 592. The van der Waals surface area contributed by atoms with E-state index < -0.39 is 17.5 Å². The summed E-state index contributed by atoms with van der Waals surface area (Å²) in [5.41, 5.74) is -0.239. The summed E-state index contributed by atoms with van der Waals surface area (Å²) in [6.45, 7) is 0. The van der Waals surface area contributed by atoms with E-state index in [-0.39, 0.29) is 10.7 Å². The minimum atomic E-state index is -0.920. The molecule has 1 amide bonds. The van der Waals surface area contributed by atoms with E-state index in [1.165, 1.54) is 0 Å². The summed E-state index contributed by atoms with van der Waals surface area (Å²) >= 11 is 10.9. The van der Waals surface area contributed by atoms with Gasteiger partial charge >= 0.3 is 0 Å². The number of carbonyl (C=O) groups excluding carboxylic acids is 1. The first-order chi connectivity index (χ1) is 8.47. The Morgan fingerprint density at radius 3 is 2.61 bits per heavy atom. The Kier molecular flexibility index (Phi) is 3.89. The lowest BCUT2D eigenvalue weighted by Crippen LogP contribution is -2.12. The molecule has 18 heavy (non-hydrogen) atoms. The van der Waals surface area contributed by atoms with Crippen molar-refractivity contribution in [3.05, 3.63) is 45.1 Å². The van der Waals surface area contributed by atoms with E-state index in [0.29, 0.717) is 15.8 Å². The van der Waals surface area contributed by atoms with E-state index in [9.17, 15) is 13.6 Å². The van der Waals surface area contributed by atoms with Gasteiger partial charge in [0.05, 0.1) is 15.6 Å². The molecule has 0 aliphatic rings. The number of carbonyl (C=O) groups is 1. The van der Waals surface area contributed by atoms with Crippen molar-refractivity contribution >= 4 is 47.2 Å². The van der Waals surface area contributed by atoms with Gasteiger partial charge in [-0.2, -0.15) is 0 Å². The second kappa shape index (κ2) is 5.26. The van der Waals surface area contributed by atoms with E-state index in [1.807, 2.05) is 0 Å². The summed E-state index contributed by atoms with van der Waals surface area (Å²) in [5.74, 6) is -2.24. The highest BCUT2D eigenvalue weighted by Crippen LogP contribution is 2.27. The number of benzene rings is 1. The van der Waals surface area contributed by atoms with E-state index in [2.05, 4.69) is 17.9 Å². The number of halogens is 3. The van der Waals surface area contributed by atoms with Crippen LogP contribution in [0.15, 0.2) is 28.5 Å². The van der Waals surface area contributed by atoms with Crippen molar-refractivity contribution in [1.82, 2.24) is 0 Å². The molecule has 0 saturated heterocycles. The lowest BCUT2D eigenvalue weighted by atomic mass is 10.3. The third kappa shape index (κ3) is 2.82. The van der Waals surface area contributed by atoms with Crippen LogP contribution >= 0.6 is 35.6 Å². The van der Waals surface area contributed by atoms with Gasteiger partial charge in [-0.15, -0.1) is 24.0 Å². The van der Waals surface area contributed by atoms with Gasteiger partial charge in [0.2, 0.25) is 0 Å². The Labute approximate surface area is 116 Å². The van der Waals surface area contributed by atoms with Gasteiger partial charge in [0.25, 0.3) is 5.91 Å². The average molecular weight is 306 g/mol. The Hall–Kier alpha value is -1.11. The summed E-state index contributed by atoms with van der Waals surface area (Å²) < 4.78 is 26.3. The standard InChI is InChI=1S/C11H6ClF2NOS2/c12-7-1-5(13)2-8(14)10(7)15-11(16)9-3-6(17)4-18-9/h1-4,17H,(H,15,16). The summed E-state index contributed by atoms with van der Waals surface area (Å²) in [4.78, 5) is 12.8. The quantitative estimate of drug-likeness (QED) is 0.799. The van der Waals surface area contributed by atoms with Gasteiger partial charge < -0.3 is 5.32 Å². The molecule has 1 heterocycles. The Balaban J connectivity index is 2.27. The van der Waals surface area contributed by atoms with Gasteiger partial charge in [0, 0.05) is 16.3 Å². The molecule has 1 aromatic heterocycles. The maximum Gasteiger partial charge on any atom is 0.265 e. The van der Waals surface area contributed by atoms with Crippen LogP contribution in [0, 0.1) is 11.6 Å². The monoisotopic (exact) mass is 305 g/mol. The highest BCUT2D eigenvalue weighted by molar-refractivity contribution is 7.80. The smallest absolute Gasteiger partial charge is 0.265 e. The topological polar surface area (TPSA) is 29.1 Å². The normalized spacial score (nSPS) is 10.4. The van der Waals surface area contributed by atoms with Crippen LogP contribution in [0.25, 0.3) is 0 Å². The minimum absolute atomic E-state index is 0.191. The van der Waals surface area contributed by atoms with Gasteiger partial charge in [0.1, 0.15) is 5.82 Å². The van der Waals surface area contributed by atoms with Gasteiger partial charge in [0.15, 0.2) is 5.82 Å². The van der Waals surface area contributed by atoms with Gasteiger partial charge in [-0.05, 0) is 12.1 Å². The van der Waals surface area contributed by atoms with Crippen LogP contribution in [0.3, 0.4) is 0 Å². The average Bonchev–Trinajstić information content (AvgIpc) is 2.70. The molecule has 2 aromatic rings. The fourth-order valence-corrected chi connectivity index (χ4v) is 2.57. The van der Waals surface area contributed by atoms with Crippen molar-refractivity contribution < 1.29 is 13.6 Å². The van der Waals surface area contributed by atoms with Crippen LogP contribution in [0.4, 0.5) is 14.5 Å². The van der Waals surface area contributed by atoms with Crippen molar-refractivity contribution in [3.8, 4) is 0 Å². The molecule has 2 nitrogen and oxygen atoms in total. The molecule has 0 bridgehead atoms. The predicted octanol–water partition coefficient (Wildman–Crippen LogP) is 4.22. The first kappa shape index (κ1) is 13.3. The number of rotatable bonds is 2. The van der Waals surface area contributed by atoms with Crippen LogP contribution in [-0.2, 0) is 0 Å². The van der Waals surface area contributed by atoms with Gasteiger partial charge in [-0.3, -0.25) is 4.79 Å². The fraction of sp³-hybridized carbons (Fsp3) is 0. The second-order valence-electron chi connectivity index (χ2n) is 3.37. The van der Waals surface area contributed by atoms with Crippen LogP contribution in [0.2, 0.25) is 5.02 Å². The molecule has 0 atom stereocenters. The zero-order valence-corrected chi connectivity index (χ0v) is 11.2. The molecule has 0 fully saturated rings. The number of hydrogen-bond acceptors (Lipinski definition) is 3. The molecule has 0 unspecified atom stereocenters. The molecule has 1 N–H and O–H groups in total. The predicted molar refractivity (Wildman–Crippen MR) is 70.9 cm³/mol. The van der Waals surface area contributed by atoms with Gasteiger partial charge in [-0.25, -0.2) is 8.78 Å². The van der Waals surface area contributed by atoms with Gasteiger partial charge in [-0.1, -0.05) is 11.6 Å². The van der Waals surface area contributed by atoms with Crippen molar-refractivity contribution in [3.63, 3.8) is 0 Å². The number of thiol groups is 1. The SMILES string of the molecule is O=C(Nc1c(F)cc(F)cc1Cl)c1cc(S)cs1. The molecule has 7 heteroatoms. The van der Waals surface area contributed by atoms with E-state index in [0.717, 1.165) is 17.4 Å². The molecule has 94 valence electrons. The van der Waals surface area contributed by atoms with Crippen LogP contribution < -0.4 is 5.32 Å². The highest BCUT2D eigenvalue weighted by Gasteiger charge is 2.15. The Morgan fingerprint density at radius 2 is 2.06 bits per heavy atom. The van der Waals surface area contributed by atoms with Crippen molar-refractivity contribution in [1.29, 1.82) is 0 Å². The number of nitrogens with one attached hydrogen (secondary N) is 1. The highest BCUT2D eigenvalue weighted by atomic mass is 35.5. The summed E-state index contributed by atoms with van der Waals surface area (Å²) in [6.07, 6.45) is 0. The molecule has 0 saturated carbocycles. The zero-order valence-electron chi connectivity index (χ0n) is 8.71. The molecule has 0 spiro atoms. The van der Waals surface area contributed by atoms with Crippen molar-refractivity contribution in [2.75, 3.05) is 5.32 Å². The van der Waals surface area contributed by atoms with Crippen LogP contribution in [0.5, 0.6) is 0 Å². The summed E-state index contributed by atoms with van der Waals surface area (Å²) in [7, 11) is 0. The Morgan fingerprint density at radius 1 is 1.33 bits per heavy atom. The molecule has 0 radical (unpaired) electrons. The van der Waals surface area contributed by atoms with E-state index >= 15 is 0 Å². The second-order valence-corrected chi connectivity index (χ2v) is 5.20. The third-order valence-corrected chi connectivity index (χ3v) is 3.71. The fourth-order valence-electron chi connectivity index (χ4n) is 1.28. The molecule has 2 rings (SSSR count). The first-order valence-corrected chi connectivity index (χ1v) is 6.41. The van der Waals surface area contributed by atoms with Crippen LogP contribution in [-0.4, -0.2) is 5.91 Å². The number of amides is 1. The van der Waals surface area contributed by atoms with Crippen LogP contribution in [0.1, 0.15) is 9.67 Å². The maximum atomic E-state index is 13.4. The van der Waals surface area contributed by atoms with Crippen molar-refractivity contribution in [2.24, 2.45) is 0 Å².